The summed E-state index contributed by atoms with van der Waals surface area (Å²) in [6.45, 7) is 6.47. The van der Waals surface area contributed by atoms with Gasteiger partial charge in [0.1, 0.15) is 5.82 Å². The van der Waals surface area contributed by atoms with Crippen LogP contribution in [0.1, 0.15) is 33.6 Å². The molecule has 0 aliphatic heterocycles. The number of carbonyl (C=O) groups excluding carboxylic acids is 1. The van der Waals surface area contributed by atoms with Crippen LogP contribution in [0.15, 0.2) is 33.9 Å². The zero-order valence-electron chi connectivity index (χ0n) is 17.0. The second-order valence-corrected chi connectivity index (χ2v) is 7.70. The standard InChI is InChI=1S/C20H28ClN5O3/c1-4-5-9-25(16(27)11-23-15-8-6-7-14(21)10-15)17-18(22)26(12-13(2)3)20(29)24-19(17)28/h6-8,10,13,23H,4-5,9,11-12,22H2,1-3H3,(H,24,28,29). The number of anilines is 3. The first kappa shape index (κ1) is 22.5. The molecule has 0 radical (unpaired) electrons. The second kappa shape index (κ2) is 10.2. The van der Waals surface area contributed by atoms with Gasteiger partial charge in [0.2, 0.25) is 5.91 Å². The van der Waals surface area contributed by atoms with Crippen molar-refractivity contribution in [1.29, 1.82) is 0 Å². The van der Waals surface area contributed by atoms with Crippen LogP contribution in [0.4, 0.5) is 17.2 Å². The molecule has 0 saturated carbocycles. The van der Waals surface area contributed by atoms with Crippen molar-refractivity contribution < 1.29 is 4.79 Å². The molecule has 29 heavy (non-hydrogen) atoms. The van der Waals surface area contributed by atoms with E-state index in [0.29, 0.717) is 30.2 Å². The zero-order valence-corrected chi connectivity index (χ0v) is 17.8. The average molecular weight is 422 g/mol. The van der Waals surface area contributed by atoms with Crippen LogP contribution >= 0.6 is 11.6 Å². The Balaban J connectivity index is 2.37. The number of unbranched alkanes of at least 4 members (excludes halogenated alkanes) is 1. The van der Waals surface area contributed by atoms with Crippen molar-refractivity contribution in [3.05, 3.63) is 50.1 Å². The molecule has 0 bridgehead atoms. The summed E-state index contributed by atoms with van der Waals surface area (Å²) in [6, 6.07) is 7.00. The lowest BCUT2D eigenvalue weighted by Gasteiger charge is -2.25. The Morgan fingerprint density at radius 2 is 2.07 bits per heavy atom. The summed E-state index contributed by atoms with van der Waals surface area (Å²) in [4.78, 5) is 41.3. The minimum atomic E-state index is -0.667. The van der Waals surface area contributed by atoms with Crippen molar-refractivity contribution in [3.8, 4) is 0 Å². The van der Waals surface area contributed by atoms with E-state index in [1.807, 2.05) is 20.8 Å². The summed E-state index contributed by atoms with van der Waals surface area (Å²) in [5.74, 6) is -0.192. The normalized spacial score (nSPS) is 10.9. The molecule has 1 amide bonds. The first-order valence-electron chi connectivity index (χ1n) is 9.67. The van der Waals surface area contributed by atoms with Crippen LogP contribution < -0.4 is 27.2 Å². The minimum Gasteiger partial charge on any atom is -0.383 e. The van der Waals surface area contributed by atoms with Crippen molar-refractivity contribution in [3.63, 3.8) is 0 Å². The van der Waals surface area contributed by atoms with Gasteiger partial charge in [-0.1, -0.05) is 44.9 Å². The third kappa shape index (κ3) is 5.87. The highest BCUT2D eigenvalue weighted by Crippen LogP contribution is 2.19. The number of halogens is 1. The number of amides is 1. The maximum Gasteiger partial charge on any atom is 0.330 e. The lowest BCUT2D eigenvalue weighted by Crippen LogP contribution is -2.43. The number of nitrogens with one attached hydrogen (secondary N) is 2. The third-order valence-corrected chi connectivity index (χ3v) is 4.57. The summed E-state index contributed by atoms with van der Waals surface area (Å²) in [5.41, 5.74) is 5.63. The SMILES string of the molecule is CCCCN(C(=O)CNc1cccc(Cl)c1)c1c(N)n(CC(C)C)c(=O)[nH]c1=O. The number of nitrogens with zero attached hydrogens (tertiary/aromatic N) is 2. The lowest BCUT2D eigenvalue weighted by molar-refractivity contribution is -0.117. The second-order valence-electron chi connectivity index (χ2n) is 7.26. The smallest absolute Gasteiger partial charge is 0.330 e. The largest absolute Gasteiger partial charge is 0.383 e. The number of aromatic amines is 1. The Morgan fingerprint density at radius 1 is 1.34 bits per heavy atom. The van der Waals surface area contributed by atoms with Crippen molar-refractivity contribution in [2.24, 2.45) is 5.92 Å². The Hall–Kier alpha value is -2.74. The van der Waals surface area contributed by atoms with E-state index in [1.54, 1.807) is 24.3 Å². The molecule has 1 aromatic heterocycles. The number of rotatable bonds is 9. The molecule has 0 aliphatic carbocycles. The molecule has 158 valence electrons. The fourth-order valence-corrected chi connectivity index (χ4v) is 3.12. The van der Waals surface area contributed by atoms with Crippen LogP contribution in [0, 0.1) is 5.92 Å². The van der Waals surface area contributed by atoms with E-state index < -0.39 is 11.2 Å². The van der Waals surface area contributed by atoms with Crippen molar-refractivity contribution in [2.75, 3.05) is 29.0 Å². The van der Waals surface area contributed by atoms with E-state index in [4.69, 9.17) is 17.3 Å². The number of hydrogen-bond donors (Lipinski definition) is 3. The van der Waals surface area contributed by atoms with Gasteiger partial charge in [-0.3, -0.25) is 19.1 Å². The molecule has 0 aliphatic rings. The minimum absolute atomic E-state index is 0.000316. The van der Waals surface area contributed by atoms with Crippen LogP contribution in [0.2, 0.25) is 5.02 Å². The maximum absolute atomic E-state index is 13.0. The molecule has 8 nitrogen and oxygen atoms in total. The average Bonchev–Trinajstić information content (AvgIpc) is 2.65. The Labute approximate surface area is 174 Å². The lowest BCUT2D eigenvalue weighted by atomic mass is 10.2. The van der Waals surface area contributed by atoms with Gasteiger partial charge >= 0.3 is 5.69 Å². The van der Waals surface area contributed by atoms with Gasteiger partial charge < -0.3 is 16.0 Å². The summed E-state index contributed by atoms with van der Waals surface area (Å²) in [7, 11) is 0. The highest BCUT2D eigenvalue weighted by molar-refractivity contribution is 6.30. The number of benzene rings is 1. The fourth-order valence-electron chi connectivity index (χ4n) is 2.93. The number of aromatic nitrogens is 2. The molecule has 0 unspecified atom stereocenters. The summed E-state index contributed by atoms with van der Waals surface area (Å²) < 4.78 is 1.30. The van der Waals surface area contributed by atoms with Gasteiger partial charge in [0.25, 0.3) is 5.56 Å². The Morgan fingerprint density at radius 3 is 2.69 bits per heavy atom. The van der Waals surface area contributed by atoms with Crippen molar-refractivity contribution >= 4 is 34.7 Å². The van der Waals surface area contributed by atoms with Gasteiger partial charge in [0.05, 0.1) is 6.54 Å². The highest BCUT2D eigenvalue weighted by atomic mass is 35.5. The molecule has 0 fully saturated rings. The maximum atomic E-state index is 13.0. The van der Waals surface area contributed by atoms with E-state index in [1.165, 1.54) is 9.47 Å². The number of H-pyrrole nitrogens is 1. The Kier molecular flexibility index (Phi) is 7.90. The molecule has 0 saturated heterocycles. The molecule has 2 rings (SSSR count). The molecular weight excluding hydrogens is 394 g/mol. The highest BCUT2D eigenvalue weighted by Gasteiger charge is 2.24. The van der Waals surface area contributed by atoms with Gasteiger partial charge in [0.15, 0.2) is 5.69 Å². The molecule has 4 N–H and O–H groups in total. The molecule has 1 heterocycles. The number of nitrogens with two attached hydrogens (primary N) is 1. The number of hydrogen-bond acceptors (Lipinski definition) is 5. The molecule has 9 heteroatoms. The molecule has 2 aromatic rings. The van der Waals surface area contributed by atoms with Crippen LogP contribution in [0.3, 0.4) is 0 Å². The fraction of sp³-hybridized carbons (Fsp3) is 0.450. The van der Waals surface area contributed by atoms with E-state index in [-0.39, 0.29) is 29.9 Å². The predicted molar refractivity (Wildman–Crippen MR) is 118 cm³/mol. The van der Waals surface area contributed by atoms with Gasteiger partial charge in [-0.15, -0.1) is 0 Å². The molecular formula is C20H28ClN5O3. The number of carbonyl (C=O) groups is 1. The molecule has 0 spiro atoms. The van der Waals surface area contributed by atoms with Crippen molar-refractivity contribution in [2.45, 2.75) is 40.2 Å². The molecule has 1 aromatic carbocycles. The van der Waals surface area contributed by atoms with E-state index >= 15 is 0 Å². The summed E-state index contributed by atoms with van der Waals surface area (Å²) in [5, 5.41) is 3.56. The summed E-state index contributed by atoms with van der Waals surface area (Å²) in [6.07, 6.45) is 1.51. The number of nitrogen functional groups attached to an aromatic ring is 1. The molecule has 0 atom stereocenters. The third-order valence-electron chi connectivity index (χ3n) is 4.34. The van der Waals surface area contributed by atoms with Crippen molar-refractivity contribution in [1.82, 2.24) is 9.55 Å². The summed E-state index contributed by atoms with van der Waals surface area (Å²) >= 11 is 5.97. The van der Waals surface area contributed by atoms with E-state index in [9.17, 15) is 14.4 Å². The van der Waals surface area contributed by atoms with Gasteiger partial charge in [-0.2, -0.15) is 0 Å². The topological polar surface area (TPSA) is 113 Å². The van der Waals surface area contributed by atoms with Gasteiger partial charge in [0, 0.05) is 23.8 Å². The first-order valence-corrected chi connectivity index (χ1v) is 10.0. The quantitative estimate of drug-likeness (QED) is 0.576. The van der Waals surface area contributed by atoms with Crippen LogP contribution in [0.5, 0.6) is 0 Å². The van der Waals surface area contributed by atoms with E-state index in [2.05, 4.69) is 10.3 Å². The van der Waals surface area contributed by atoms with Crippen LogP contribution in [0.25, 0.3) is 0 Å². The predicted octanol–water partition coefficient (Wildman–Crippen LogP) is 2.67. The van der Waals surface area contributed by atoms with Crippen LogP contribution in [-0.2, 0) is 11.3 Å². The van der Waals surface area contributed by atoms with E-state index in [0.717, 1.165) is 6.42 Å². The monoisotopic (exact) mass is 421 g/mol. The van der Waals surface area contributed by atoms with Crippen LogP contribution in [-0.4, -0.2) is 28.5 Å². The Bertz CT molecular complexity index is 967. The first-order chi connectivity index (χ1) is 13.7. The van der Waals surface area contributed by atoms with Gasteiger partial charge in [-0.05, 0) is 30.5 Å². The van der Waals surface area contributed by atoms with Gasteiger partial charge in [-0.25, -0.2) is 4.79 Å². The zero-order chi connectivity index (χ0) is 21.6.